The monoisotopic (exact) mass is 443 g/mol. The van der Waals surface area contributed by atoms with E-state index < -0.39 is 0 Å². The van der Waals surface area contributed by atoms with E-state index in [-0.39, 0.29) is 12.0 Å². The van der Waals surface area contributed by atoms with Crippen LogP contribution >= 0.6 is 15.9 Å². The van der Waals surface area contributed by atoms with Gasteiger partial charge < -0.3 is 15.0 Å². The first-order valence-electron chi connectivity index (χ1n) is 9.66. The van der Waals surface area contributed by atoms with Crippen LogP contribution in [0.25, 0.3) is 11.0 Å². The Balaban J connectivity index is 1.67. The second-order valence-electron chi connectivity index (χ2n) is 7.07. The maximum atomic E-state index is 12.0. The molecule has 2 N–H and O–H groups in total. The van der Waals surface area contributed by atoms with E-state index in [9.17, 15) is 9.90 Å². The van der Waals surface area contributed by atoms with Crippen LogP contribution in [0, 0.1) is 0 Å². The molecular weight excluding hydrogens is 418 g/mol. The number of hydrogen-bond acceptors (Lipinski definition) is 3. The lowest BCUT2D eigenvalue weighted by atomic mass is 10.1. The number of hydrogen-bond donors (Lipinski definition) is 2. The number of amides is 1. The van der Waals surface area contributed by atoms with Crippen LogP contribution in [0.4, 0.5) is 0 Å². The summed E-state index contributed by atoms with van der Waals surface area (Å²) in [6.07, 6.45) is 2.11. The lowest BCUT2D eigenvalue weighted by Gasteiger charge is -2.11. The van der Waals surface area contributed by atoms with Crippen LogP contribution in [0.2, 0.25) is 0 Å². The third kappa shape index (κ3) is 5.66. The van der Waals surface area contributed by atoms with Gasteiger partial charge in [0, 0.05) is 30.4 Å². The first-order chi connectivity index (χ1) is 13.5. The molecule has 0 radical (unpaired) electrons. The van der Waals surface area contributed by atoms with E-state index in [1.165, 1.54) is 5.56 Å². The first-order valence-corrected chi connectivity index (χ1v) is 10.5. The normalized spacial score (nSPS) is 12.2. The van der Waals surface area contributed by atoms with Crippen molar-refractivity contribution in [3.63, 3.8) is 0 Å². The molecule has 0 fully saturated rings. The Morgan fingerprint density at radius 1 is 1.21 bits per heavy atom. The smallest absolute Gasteiger partial charge is 0.220 e. The van der Waals surface area contributed by atoms with Crippen molar-refractivity contribution < 1.29 is 9.90 Å². The quantitative estimate of drug-likeness (QED) is 0.523. The standard InChI is InChI=1S/C22H26BrN3O2/c1-16(27)5-4-8-22(28)24-14-13-21-25-19-6-2-3-7-20(19)26(21)15-17-9-11-18(23)12-10-17/h2-3,6-7,9-12,16,27H,4-5,8,13-15H2,1H3,(H,24,28). The molecule has 3 aromatic rings. The minimum Gasteiger partial charge on any atom is -0.393 e. The van der Waals surface area contributed by atoms with Gasteiger partial charge in [-0.3, -0.25) is 4.79 Å². The Labute approximate surface area is 173 Å². The van der Waals surface area contributed by atoms with Gasteiger partial charge in [-0.15, -0.1) is 0 Å². The molecule has 2 aromatic carbocycles. The number of nitrogens with one attached hydrogen (secondary N) is 1. The summed E-state index contributed by atoms with van der Waals surface area (Å²) in [6.45, 7) is 3.04. The van der Waals surface area contributed by atoms with Crippen molar-refractivity contribution in [2.75, 3.05) is 6.54 Å². The summed E-state index contributed by atoms with van der Waals surface area (Å²) in [6, 6.07) is 16.4. The maximum Gasteiger partial charge on any atom is 0.220 e. The zero-order valence-corrected chi connectivity index (χ0v) is 17.7. The average Bonchev–Trinajstić information content (AvgIpc) is 3.01. The molecule has 1 unspecified atom stereocenters. The van der Waals surface area contributed by atoms with E-state index in [4.69, 9.17) is 4.98 Å². The number of aliphatic hydroxyl groups is 1. The van der Waals surface area contributed by atoms with Crippen molar-refractivity contribution in [1.82, 2.24) is 14.9 Å². The van der Waals surface area contributed by atoms with E-state index in [2.05, 4.69) is 44.0 Å². The minimum absolute atomic E-state index is 0.0243. The van der Waals surface area contributed by atoms with Gasteiger partial charge >= 0.3 is 0 Å². The molecule has 0 saturated carbocycles. The minimum atomic E-state index is -0.355. The topological polar surface area (TPSA) is 67.2 Å². The Hall–Kier alpha value is -2.18. The molecule has 148 valence electrons. The SMILES string of the molecule is CC(O)CCCC(=O)NCCc1nc2ccccc2n1Cc1ccc(Br)cc1. The lowest BCUT2D eigenvalue weighted by Crippen LogP contribution is -2.26. The number of fused-ring (bicyclic) bond motifs is 1. The van der Waals surface area contributed by atoms with Crippen molar-refractivity contribution >= 4 is 32.9 Å². The molecule has 1 amide bonds. The van der Waals surface area contributed by atoms with Crippen molar-refractivity contribution in [2.24, 2.45) is 0 Å². The van der Waals surface area contributed by atoms with E-state index in [1.807, 2.05) is 30.3 Å². The predicted octanol–water partition coefficient (Wildman–Crippen LogP) is 4.06. The Morgan fingerprint density at radius 3 is 2.71 bits per heavy atom. The molecule has 1 atom stereocenters. The average molecular weight is 444 g/mol. The van der Waals surface area contributed by atoms with Crippen LogP contribution in [-0.4, -0.2) is 33.2 Å². The van der Waals surface area contributed by atoms with Gasteiger partial charge in [0.25, 0.3) is 0 Å². The number of imidazole rings is 1. The van der Waals surface area contributed by atoms with Crippen molar-refractivity contribution in [3.05, 3.63) is 64.4 Å². The zero-order chi connectivity index (χ0) is 19.9. The summed E-state index contributed by atoms with van der Waals surface area (Å²) in [7, 11) is 0. The molecule has 0 aliphatic carbocycles. The van der Waals surface area contributed by atoms with Crippen LogP contribution in [0.15, 0.2) is 53.0 Å². The molecule has 0 saturated heterocycles. The van der Waals surface area contributed by atoms with Gasteiger partial charge in [0.05, 0.1) is 17.1 Å². The third-order valence-electron chi connectivity index (χ3n) is 4.68. The first kappa shape index (κ1) is 20.6. The van der Waals surface area contributed by atoms with Gasteiger partial charge in [-0.1, -0.05) is 40.2 Å². The highest BCUT2D eigenvalue weighted by Gasteiger charge is 2.11. The van der Waals surface area contributed by atoms with Gasteiger partial charge in [0.15, 0.2) is 0 Å². The highest BCUT2D eigenvalue weighted by Crippen LogP contribution is 2.19. The second-order valence-corrected chi connectivity index (χ2v) is 7.99. The summed E-state index contributed by atoms with van der Waals surface area (Å²) in [5.74, 6) is 0.990. The second kappa shape index (κ2) is 9.85. The van der Waals surface area contributed by atoms with E-state index in [0.717, 1.165) is 27.9 Å². The van der Waals surface area contributed by atoms with Gasteiger partial charge in [-0.05, 0) is 49.6 Å². The van der Waals surface area contributed by atoms with Crippen molar-refractivity contribution in [1.29, 1.82) is 0 Å². The fraction of sp³-hybridized carbons (Fsp3) is 0.364. The summed E-state index contributed by atoms with van der Waals surface area (Å²) in [4.78, 5) is 16.7. The van der Waals surface area contributed by atoms with Gasteiger partial charge in [-0.25, -0.2) is 4.98 Å². The fourth-order valence-electron chi connectivity index (χ4n) is 3.23. The molecule has 1 aromatic heterocycles. The number of benzene rings is 2. The van der Waals surface area contributed by atoms with E-state index in [0.29, 0.717) is 32.2 Å². The number of aromatic nitrogens is 2. The van der Waals surface area contributed by atoms with Gasteiger partial charge in [0.2, 0.25) is 5.91 Å². The van der Waals surface area contributed by atoms with Crippen molar-refractivity contribution in [3.8, 4) is 0 Å². The molecule has 3 rings (SSSR count). The number of para-hydroxylation sites is 2. The van der Waals surface area contributed by atoms with Crippen LogP contribution in [-0.2, 0) is 17.8 Å². The fourth-order valence-corrected chi connectivity index (χ4v) is 3.49. The number of halogens is 1. The molecule has 5 nitrogen and oxygen atoms in total. The van der Waals surface area contributed by atoms with Crippen LogP contribution in [0.5, 0.6) is 0 Å². The molecule has 0 bridgehead atoms. The van der Waals surface area contributed by atoms with Gasteiger partial charge in [-0.2, -0.15) is 0 Å². The van der Waals surface area contributed by atoms with Gasteiger partial charge in [0.1, 0.15) is 5.82 Å². The number of nitrogens with zero attached hydrogens (tertiary/aromatic N) is 2. The zero-order valence-electron chi connectivity index (χ0n) is 16.1. The molecule has 0 spiro atoms. The molecule has 0 aliphatic rings. The predicted molar refractivity (Wildman–Crippen MR) is 115 cm³/mol. The number of carbonyl (C=O) groups excluding carboxylic acids is 1. The summed E-state index contributed by atoms with van der Waals surface area (Å²) >= 11 is 3.48. The van der Waals surface area contributed by atoms with E-state index in [1.54, 1.807) is 6.92 Å². The largest absolute Gasteiger partial charge is 0.393 e. The molecular formula is C22H26BrN3O2. The van der Waals surface area contributed by atoms with Crippen molar-refractivity contribution in [2.45, 2.75) is 45.3 Å². The number of carbonyl (C=O) groups is 1. The molecule has 6 heteroatoms. The summed E-state index contributed by atoms with van der Waals surface area (Å²) in [5.41, 5.74) is 3.27. The molecule has 28 heavy (non-hydrogen) atoms. The van der Waals surface area contributed by atoms with Crippen LogP contribution < -0.4 is 5.32 Å². The highest BCUT2D eigenvalue weighted by molar-refractivity contribution is 9.10. The number of aliphatic hydroxyl groups excluding tert-OH is 1. The lowest BCUT2D eigenvalue weighted by molar-refractivity contribution is -0.121. The maximum absolute atomic E-state index is 12.0. The Kier molecular flexibility index (Phi) is 7.23. The third-order valence-corrected chi connectivity index (χ3v) is 5.21. The summed E-state index contributed by atoms with van der Waals surface area (Å²) < 4.78 is 3.28. The van der Waals surface area contributed by atoms with Crippen LogP contribution in [0.3, 0.4) is 0 Å². The van der Waals surface area contributed by atoms with E-state index >= 15 is 0 Å². The molecule has 1 heterocycles. The summed E-state index contributed by atoms with van der Waals surface area (Å²) in [5, 5.41) is 12.2. The van der Waals surface area contributed by atoms with Crippen LogP contribution in [0.1, 0.15) is 37.6 Å². The highest BCUT2D eigenvalue weighted by atomic mass is 79.9. The number of rotatable bonds is 9. The molecule has 0 aliphatic heterocycles. The Bertz CT molecular complexity index is 919. The Morgan fingerprint density at radius 2 is 1.96 bits per heavy atom.